The molecular weight excluding hydrogens is 430 g/mol. The molecule has 0 amide bonds. The lowest BCUT2D eigenvalue weighted by molar-refractivity contribution is 0.406. The van der Waals surface area contributed by atoms with E-state index in [2.05, 4.69) is 10.0 Å². The van der Waals surface area contributed by atoms with E-state index in [9.17, 15) is 17.4 Å². The summed E-state index contributed by atoms with van der Waals surface area (Å²) in [5.41, 5.74) is 0.489. The summed E-state index contributed by atoms with van der Waals surface area (Å²) in [6, 6.07) is 6.68. The van der Waals surface area contributed by atoms with Crippen LogP contribution >= 0.6 is 0 Å². The van der Waals surface area contributed by atoms with E-state index in [-0.39, 0.29) is 36.4 Å². The fourth-order valence-corrected chi connectivity index (χ4v) is 5.33. The van der Waals surface area contributed by atoms with Crippen molar-refractivity contribution in [3.8, 4) is 11.1 Å². The summed E-state index contributed by atoms with van der Waals surface area (Å²) in [5.74, 6) is -2.19. The first kappa shape index (κ1) is 23.7. The first-order chi connectivity index (χ1) is 14.7. The highest BCUT2D eigenvalue weighted by atomic mass is 32.2. The Morgan fingerprint density at radius 3 is 2.42 bits per heavy atom. The second kappa shape index (κ2) is 9.26. The molecule has 3 N–H and O–H groups in total. The number of benzene rings is 2. The zero-order chi connectivity index (χ0) is 22.8. The second-order valence-electron chi connectivity index (χ2n) is 7.65. The molecule has 4 nitrogen and oxygen atoms in total. The summed E-state index contributed by atoms with van der Waals surface area (Å²) in [6.07, 6.45) is 0.943. The molecule has 3 atom stereocenters. The molecule has 0 radical (unpaired) electrons. The van der Waals surface area contributed by atoms with Crippen LogP contribution in [0.3, 0.4) is 0 Å². The maximum Gasteiger partial charge on any atom is 0.206 e. The molecule has 170 valence electrons. The molecule has 1 aliphatic heterocycles. The fourth-order valence-electron chi connectivity index (χ4n) is 3.73. The van der Waals surface area contributed by atoms with Gasteiger partial charge in [-0.3, -0.25) is 0 Å². The van der Waals surface area contributed by atoms with Crippen LogP contribution in [-0.4, -0.2) is 27.8 Å². The Bertz CT molecular complexity index is 1020. The van der Waals surface area contributed by atoms with Gasteiger partial charge in [0, 0.05) is 23.7 Å². The molecule has 0 bridgehead atoms. The van der Waals surface area contributed by atoms with Crippen molar-refractivity contribution in [3.63, 3.8) is 0 Å². The van der Waals surface area contributed by atoms with Gasteiger partial charge in [-0.15, -0.1) is 0 Å². The van der Waals surface area contributed by atoms with Gasteiger partial charge in [0.25, 0.3) is 0 Å². The largest absolute Gasteiger partial charge is 0.312 e. The van der Waals surface area contributed by atoms with Gasteiger partial charge in [-0.1, -0.05) is 32.0 Å². The highest BCUT2D eigenvalue weighted by molar-refractivity contribution is 7.92. The van der Waals surface area contributed by atoms with Gasteiger partial charge < -0.3 is 5.32 Å². The van der Waals surface area contributed by atoms with Crippen LogP contribution in [0.25, 0.3) is 11.1 Å². The lowest BCUT2D eigenvalue weighted by Crippen LogP contribution is -2.47. The predicted octanol–water partition coefficient (Wildman–Crippen LogP) is 5.08. The van der Waals surface area contributed by atoms with Crippen molar-refractivity contribution >= 4 is 9.92 Å². The molecule has 2 unspecified atom stereocenters. The van der Waals surface area contributed by atoms with Crippen LogP contribution in [0.2, 0.25) is 0 Å². The average Bonchev–Trinajstić information content (AvgIpc) is 3.35. The molecular formula is C22H27F4N3OS. The Labute approximate surface area is 180 Å². The Morgan fingerprint density at radius 2 is 1.81 bits per heavy atom. The lowest BCUT2D eigenvalue weighted by atomic mass is 9.96. The van der Waals surface area contributed by atoms with Crippen molar-refractivity contribution in [2.45, 2.75) is 56.6 Å². The summed E-state index contributed by atoms with van der Waals surface area (Å²) in [4.78, 5) is 0. The van der Waals surface area contributed by atoms with Crippen LogP contribution in [0.4, 0.5) is 17.6 Å². The van der Waals surface area contributed by atoms with Gasteiger partial charge in [-0.05, 0) is 55.5 Å². The quantitative estimate of drug-likeness (QED) is 0.530. The molecule has 1 saturated carbocycles. The van der Waals surface area contributed by atoms with Gasteiger partial charge in [-0.25, -0.2) is 31.3 Å². The van der Waals surface area contributed by atoms with E-state index in [4.69, 9.17) is 4.78 Å². The van der Waals surface area contributed by atoms with Crippen LogP contribution in [0, 0.1) is 22.2 Å². The van der Waals surface area contributed by atoms with Gasteiger partial charge in [-0.2, -0.15) is 0 Å². The van der Waals surface area contributed by atoms with Crippen molar-refractivity contribution in [3.05, 3.63) is 59.4 Å². The molecule has 1 saturated heterocycles. The molecule has 1 aliphatic carbocycles. The number of rotatable bonds is 6. The van der Waals surface area contributed by atoms with E-state index in [1.54, 1.807) is 12.1 Å². The molecule has 0 aromatic heterocycles. The minimum atomic E-state index is -3.60. The standard InChI is InChI=1S/C20H21F4N3OS.C2H6/c21-14-8-13(9-15(22)11-14)16-3-1-2-12(19(16)23)10-18-17(4-7-26-18)27-29(25,28)20(24)5-6-20;1-2/h1-3,8-9,11,17-18,26H,4-7,10H2,(H2,25,27,28);1-2H3/t17?,18-,29?;/m0./s1. The molecule has 2 aromatic carbocycles. The van der Waals surface area contributed by atoms with Crippen LogP contribution in [0.15, 0.2) is 36.4 Å². The Hall–Kier alpha value is -1.97. The maximum atomic E-state index is 15.1. The van der Waals surface area contributed by atoms with Gasteiger partial charge in [0.1, 0.15) is 27.4 Å². The number of nitrogens with one attached hydrogen (secondary N) is 3. The van der Waals surface area contributed by atoms with Gasteiger partial charge in [0.2, 0.25) is 5.00 Å². The molecule has 4 rings (SSSR count). The third-order valence-corrected chi connectivity index (χ3v) is 7.59. The van der Waals surface area contributed by atoms with Crippen molar-refractivity contribution < 1.29 is 21.8 Å². The number of hydrogen-bond donors (Lipinski definition) is 3. The molecule has 1 heterocycles. The minimum absolute atomic E-state index is 0.0772. The minimum Gasteiger partial charge on any atom is -0.312 e. The topological polar surface area (TPSA) is 65.0 Å². The first-order valence-electron chi connectivity index (χ1n) is 10.4. The molecule has 0 spiro atoms. The zero-order valence-electron chi connectivity index (χ0n) is 17.5. The summed E-state index contributed by atoms with van der Waals surface area (Å²) in [5, 5.41) is 1.19. The second-order valence-corrected chi connectivity index (χ2v) is 9.73. The zero-order valence-corrected chi connectivity index (χ0v) is 18.3. The van der Waals surface area contributed by atoms with Crippen molar-refractivity contribution in [1.29, 1.82) is 4.78 Å². The summed E-state index contributed by atoms with van der Waals surface area (Å²) < 4.78 is 79.3. The SMILES string of the molecule is CC.N=S(=O)(NC1CCN[C@H]1Cc1cccc(-c2cc(F)cc(F)c2)c1F)C1(F)CC1. The lowest BCUT2D eigenvalue weighted by Gasteiger charge is -2.24. The van der Waals surface area contributed by atoms with E-state index >= 15 is 4.39 Å². The van der Waals surface area contributed by atoms with E-state index in [1.807, 2.05) is 13.8 Å². The predicted molar refractivity (Wildman–Crippen MR) is 114 cm³/mol. The normalized spacial score (nSPS) is 23.5. The number of hydrogen-bond acceptors (Lipinski definition) is 3. The first-order valence-corrected chi connectivity index (χ1v) is 12.0. The monoisotopic (exact) mass is 457 g/mol. The average molecular weight is 458 g/mol. The third-order valence-electron chi connectivity index (χ3n) is 5.52. The van der Waals surface area contributed by atoms with Crippen LogP contribution in [-0.2, 0) is 16.3 Å². The molecule has 31 heavy (non-hydrogen) atoms. The Kier molecular flexibility index (Phi) is 7.08. The van der Waals surface area contributed by atoms with Gasteiger partial charge in [0.05, 0.1) is 0 Å². The molecule has 2 fully saturated rings. The van der Waals surface area contributed by atoms with E-state index in [0.717, 1.165) is 18.2 Å². The molecule has 2 aliphatic rings. The fraction of sp³-hybridized carbons (Fsp3) is 0.455. The van der Waals surface area contributed by atoms with Crippen LogP contribution < -0.4 is 10.0 Å². The molecule has 2 aromatic rings. The summed E-state index contributed by atoms with van der Waals surface area (Å²) in [7, 11) is -3.60. The van der Waals surface area contributed by atoms with E-state index in [1.165, 1.54) is 6.07 Å². The number of halogens is 4. The van der Waals surface area contributed by atoms with E-state index < -0.39 is 38.4 Å². The summed E-state index contributed by atoms with van der Waals surface area (Å²) in [6.45, 7) is 4.56. The maximum absolute atomic E-state index is 15.1. The smallest absolute Gasteiger partial charge is 0.206 e. The highest BCUT2D eigenvalue weighted by Crippen LogP contribution is 2.45. The van der Waals surface area contributed by atoms with Crippen molar-refractivity contribution in [1.82, 2.24) is 10.0 Å². The van der Waals surface area contributed by atoms with Crippen LogP contribution in [0.1, 0.15) is 38.7 Å². The van der Waals surface area contributed by atoms with Crippen molar-refractivity contribution in [2.75, 3.05) is 6.54 Å². The van der Waals surface area contributed by atoms with Crippen molar-refractivity contribution in [2.24, 2.45) is 0 Å². The van der Waals surface area contributed by atoms with Crippen LogP contribution in [0.5, 0.6) is 0 Å². The Morgan fingerprint density at radius 1 is 1.16 bits per heavy atom. The Balaban J connectivity index is 0.00000132. The molecule has 9 heteroatoms. The van der Waals surface area contributed by atoms with Gasteiger partial charge in [0.15, 0.2) is 0 Å². The highest BCUT2D eigenvalue weighted by Gasteiger charge is 2.54. The van der Waals surface area contributed by atoms with E-state index in [0.29, 0.717) is 18.5 Å². The summed E-state index contributed by atoms with van der Waals surface area (Å²) >= 11 is 0. The third kappa shape index (κ3) is 5.10. The number of alkyl halides is 1. The van der Waals surface area contributed by atoms with Gasteiger partial charge >= 0.3 is 0 Å².